The van der Waals surface area contributed by atoms with E-state index < -0.39 is 0 Å². The van der Waals surface area contributed by atoms with E-state index in [9.17, 15) is 0 Å². The standard InChI is InChI=1S/C10H8N6/c11-10-14-9-2-1-7(5-16(9)15-10)8-3-12-6-13-4-8/h1-6H,(H2,11,15). The van der Waals surface area contributed by atoms with E-state index in [-0.39, 0.29) is 5.95 Å². The van der Waals surface area contributed by atoms with Gasteiger partial charge < -0.3 is 5.73 Å². The van der Waals surface area contributed by atoms with Gasteiger partial charge in [0.25, 0.3) is 0 Å². The lowest BCUT2D eigenvalue weighted by molar-refractivity contribution is 0.969. The lowest BCUT2D eigenvalue weighted by Gasteiger charge is -1.99. The molecule has 6 heteroatoms. The molecule has 0 bridgehead atoms. The van der Waals surface area contributed by atoms with Gasteiger partial charge in [0.1, 0.15) is 6.33 Å². The Morgan fingerprint density at radius 3 is 2.69 bits per heavy atom. The summed E-state index contributed by atoms with van der Waals surface area (Å²) in [5, 5.41) is 4.04. The Labute approximate surface area is 90.8 Å². The summed E-state index contributed by atoms with van der Waals surface area (Å²) in [4.78, 5) is 12.0. The van der Waals surface area contributed by atoms with Crippen molar-refractivity contribution in [2.75, 3.05) is 5.73 Å². The number of pyridine rings is 1. The molecule has 0 unspecified atom stereocenters. The quantitative estimate of drug-likeness (QED) is 0.644. The van der Waals surface area contributed by atoms with Crippen LogP contribution >= 0.6 is 0 Å². The van der Waals surface area contributed by atoms with Crippen molar-refractivity contribution in [1.29, 1.82) is 0 Å². The number of aromatic nitrogens is 5. The molecule has 3 aromatic rings. The van der Waals surface area contributed by atoms with Gasteiger partial charge in [0.15, 0.2) is 5.65 Å². The molecule has 3 rings (SSSR count). The first kappa shape index (κ1) is 8.78. The smallest absolute Gasteiger partial charge is 0.240 e. The monoisotopic (exact) mass is 212 g/mol. The minimum atomic E-state index is 0.265. The third-order valence-corrected chi connectivity index (χ3v) is 2.24. The van der Waals surface area contributed by atoms with E-state index >= 15 is 0 Å². The summed E-state index contributed by atoms with van der Waals surface area (Å²) in [6.45, 7) is 0. The van der Waals surface area contributed by atoms with Crippen LogP contribution in [0.15, 0.2) is 37.1 Å². The summed E-state index contributed by atoms with van der Waals surface area (Å²) in [6.07, 6.45) is 6.83. The summed E-state index contributed by atoms with van der Waals surface area (Å²) in [7, 11) is 0. The Bertz CT molecular complexity index is 630. The maximum Gasteiger partial charge on any atom is 0.240 e. The Hall–Kier alpha value is -2.50. The molecular formula is C10H8N6. The van der Waals surface area contributed by atoms with Crippen LogP contribution in [0.25, 0.3) is 16.8 Å². The highest BCUT2D eigenvalue weighted by Gasteiger charge is 2.02. The largest absolute Gasteiger partial charge is 0.366 e. The molecular weight excluding hydrogens is 204 g/mol. The molecule has 0 spiro atoms. The van der Waals surface area contributed by atoms with Gasteiger partial charge in [0.05, 0.1) is 0 Å². The second kappa shape index (κ2) is 3.27. The van der Waals surface area contributed by atoms with Crippen molar-refractivity contribution in [3.8, 4) is 11.1 Å². The highest BCUT2D eigenvalue weighted by atomic mass is 15.3. The van der Waals surface area contributed by atoms with E-state index in [1.165, 1.54) is 6.33 Å². The van der Waals surface area contributed by atoms with E-state index in [2.05, 4.69) is 20.1 Å². The molecule has 0 aliphatic heterocycles. The molecule has 0 atom stereocenters. The molecule has 2 N–H and O–H groups in total. The van der Waals surface area contributed by atoms with Crippen LogP contribution in [0.3, 0.4) is 0 Å². The first-order valence-corrected chi connectivity index (χ1v) is 4.70. The van der Waals surface area contributed by atoms with Crippen LogP contribution in [-0.2, 0) is 0 Å². The summed E-state index contributed by atoms with van der Waals surface area (Å²) < 4.78 is 1.64. The van der Waals surface area contributed by atoms with Gasteiger partial charge in [0, 0.05) is 29.7 Å². The second-order valence-electron chi connectivity index (χ2n) is 3.32. The van der Waals surface area contributed by atoms with Crippen molar-refractivity contribution in [3.05, 3.63) is 37.1 Å². The summed E-state index contributed by atoms with van der Waals surface area (Å²) in [5.41, 5.74) is 8.13. The van der Waals surface area contributed by atoms with E-state index in [4.69, 9.17) is 5.73 Å². The van der Waals surface area contributed by atoms with Crippen LogP contribution in [0, 0.1) is 0 Å². The normalized spacial score (nSPS) is 10.8. The first-order chi connectivity index (χ1) is 7.83. The van der Waals surface area contributed by atoms with Gasteiger partial charge in [-0.3, -0.25) is 0 Å². The van der Waals surface area contributed by atoms with E-state index in [0.29, 0.717) is 0 Å². The van der Waals surface area contributed by atoms with Crippen LogP contribution in [-0.4, -0.2) is 24.6 Å². The highest BCUT2D eigenvalue weighted by Crippen LogP contribution is 2.17. The number of nitrogen functional groups attached to an aromatic ring is 1. The zero-order valence-corrected chi connectivity index (χ0v) is 8.28. The second-order valence-corrected chi connectivity index (χ2v) is 3.32. The third-order valence-electron chi connectivity index (χ3n) is 2.24. The molecule has 0 aliphatic rings. The topological polar surface area (TPSA) is 82.0 Å². The molecule has 0 aromatic carbocycles. The number of fused-ring (bicyclic) bond motifs is 1. The highest BCUT2D eigenvalue weighted by molar-refractivity contribution is 5.62. The predicted octanol–water partition coefficient (Wildman–Crippen LogP) is 0.768. The Morgan fingerprint density at radius 1 is 1.06 bits per heavy atom. The Balaban J connectivity index is 2.18. The fourth-order valence-electron chi connectivity index (χ4n) is 1.52. The third kappa shape index (κ3) is 1.36. The van der Waals surface area contributed by atoms with Crippen molar-refractivity contribution in [1.82, 2.24) is 24.6 Å². The predicted molar refractivity (Wildman–Crippen MR) is 58.4 cm³/mol. The SMILES string of the molecule is Nc1nc2ccc(-c3cncnc3)cn2n1. The summed E-state index contributed by atoms with van der Waals surface area (Å²) in [6, 6.07) is 3.79. The Kier molecular flexibility index (Phi) is 1.79. The van der Waals surface area contributed by atoms with Gasteiger partial charge in [-0.2, -0.15) is 4.98 Å². The molecule has 3 heterocycles. The lowest BCUT2D eigenvalue weighted by Crippen LogP contribution is -1.90. The number of nitrogens with two attached hydrogens (primary N) is 1. The molecule has 3 aromatic heterocycles. The first-order valence-electron chi connectivity index (χ1n) is 4.70. The van der Waals surface area contributed by atoms with E-state index in [1.54, 1.807) is 16.9 Å². The van der Waals surface area contributed by atoms with Crippen molar-refractivity contribution in [2.24, 2.45) is 0 Å². The molecule has 0 radical (unpaired) electrons. The molecule has 0 fully saturated rings. The zero-order valence-electron chi connectivity index (χ0n) is 8.28. The van der Waals surface area contributed by atoms with Crippen molar-refractivity contribution in [2.45, 2.75) is 0 Å². The van der Waals surface area contributed by atoms with Gasteiger partial charge in [-0.1, -0.05) is 0 Å². The van der Waals surface area contributed by atoms with Crippen LogP contribution in [0.4, 0.5) is 5.95 Å². The van der Waals surface area contributed by atoms with Crippen LogP contribution in [0.5, 0.6) is 0 Å². The average Bonchev–Trinajstić information content (AvgIpc) is 2.69. The minimum Gasteiger partial charge on any atom is -0.366 e. The van der Waals surface area contributed by atoms with Crippen molar-refractivity contribution in [3.63, 3.8) is 0 Å². The molecule has 16 heavy (non-hydrogen) atoms. The molecule has 0 saturated carbocycles. The average molecular weight is 212 g/mol. The number of nitrogens with zero attached hydrogens (tertiary/aromatic N) is 5. The molecule has 0 saturated heterocycles. The fourth-order valence-corrected chi connectivity index (χ4v) is 1.52. The van der Waals surface area contributed by atoms with Gasteiger partial charge >= 0.3 is 0 Å². The maximum absolute atomic E-state index is 5.51. The van der Waals surface area contributed by atoms with E-state index in [0.717, 1.165) is 16.8 Å². The van der Waals surface area contributed by atoms with Crippen LogP contribution in [0.1, 0.15) is 0 Å². The molecule has 0 aliphatic carbocycles. The minimum absolute atomic E-state index is 0.265. The molecule has 78 valence electrons. The van der Waals surface area contributed by atoms with Crippen molar-refractivity contribution < 1.29 is 0 Å². The molecule has 0 amide bonds. The Morgan fingerprint density at radius 2 is 1.88 bits per heavy atom. The summed E-state index contributed by atoms with van der Waals surface area (Å²) >= 11 is 0. The van der Waals surface area contributed by atoms with Crippen LogP contribution in [0.2, 0.25) is 0 Å². The fraction of sp³-hybridized carbons (Fsp3) is 0. The van der Waals surface area contributed by atoms with Crippen LogP contribution < -0.4 is 5.73 Å². The molecule has 6 nitrogen and oxygen atoms in total. The maximum atomic E-state index is 5.51. The number of anilines is 1. The van der Waals surface area contributed by atoms with E-state index in [1.807, 2.05) is 18.3 Å². The van der Waals surface area contributed by atoms with Gasteiger partial charge in [-0.05, 0) is 12.1 Å². The zero-order chi connectivity index (χ0) is 11.0. The van der Waals surface area contributed by atoms with Gasteiger partial charge in [0.2, 0.25) is 5.95 Å². The number of hydrogen-bond acceptors (Lipinski definition) is 5. The van der Waals surface area contributed by atoms with Gasteiger partial charge in [-0.15, -0.1) is 5.10 Å². The number of rotatable bonds is 1. The van der Waals surface area contributed by atoms with Gasteiger partial charge in [-0.25, -0.2) is 14.5 Å². The summed E-state index contributed by atoms with van der Waals surface area (Å²) in [5.74, 6) is 0.265. The number of hydrogen-bond donors (Lipinski definition) is 1. The lowest BCUT2D eigenvalue weighted by atomic mass is 10.1. The van der Waals surface area contributed by atoms with Crippen molar-refractivity contribution >= 4 is 11.6 Å².